The first-order valence-corrected chi connectivity index (χ1v) is 17.4. The van der Waals surface area contributed by atoms with Crippen molar-refractivity contribution in [2.75, 3.05) is 6.54 Å². The maximum Gasteiger partial charge on any atom is 0.328 e. The Morgan fingerprint density at radius 2 is 1.85 bits per heavy atom. The normalized spacial score (nSPS) is 39.9. The van der Waals surface area contributed by atoms with E-state index in [1.54, 1.807) is 12.1 Å². The lowest BCUT2D eigenvalue weighted by Gasteiger charge is -2.63. The molecule has 40 heavy (non-hydrogen) atoms. The van der Waals surface area contributed by atoms with E-state index in [2.05, 4.69) is 37.7 Å². The zero-order chi connectivity index (χ0) is 28.9. The molecule has 0 aliphatic heterocycles. The SMILES string of the molecule is CC[C@H]1CC2C3CCC([C@H](C)CCNC(=O)NS(=O)(=O)c4cccc(C)c4)[C@@]3(C)CCC2[C@@]2(C)CCC[C@H](F)[C@@H]12. The number of urea groups is 1. The molecule has 0 aromatic heterocycles. The second kappa shape index (κ2) is 11.2. The summed E-state index contributed by atoms with van der Waals surface area (Å²) in [6, 6.07) is 5.89. The molecule has 0 bridgehead atoms. The van der Waals surface area contributed by atoms with Crippen LogP contribution in [0.4, 0.5) is 9.18 Å². The molecule has 4 saturated carbocycles. The van der Waals surface area contributed by atoms with E-state index in [-0.39, 0.29) is 16.2 Å². The predicted molar refractivity (Wildman–Crippen MR) is 158 cm³/mol. The second-order valence-corrected chi connectivity index (χ2v) is 16.1. The second-order valence-electron chi connectivity index (χ2n) is 14.4. The Kier molecular flexibility index (Phi) is 8.37. The number of nitrogens with one attached hydrogen (secondary N) is 2. The van der Waals surface area contributed by atoms with E-state index in [0.29, 0.717) is 47.5 Å². The van der Waals surface area contributed by atoms with E-state index in [0.717, 1.165) is 31.2 Å². The van der Waals surface area contributed by atoms with E-state index in [1.807, 2.05) is 13.0 Å². The van der Waals surface area contributed by atoms with Gasteiger partial charge in [-0.3, -0.25) is 0 Å². The summed E-state index contributed by atoms with van der Waals surface area (Å²) >= 11 is 0. The van der Waals surface area contributed by atoms with Crippen LogP contribution in [0.2, 0.25) is 0 Å². The topological polar surface area (TPSA) is 75.3 Å². The number of sulfonamides is 1. The van der Waals surface area contributed by atoms with Gasteiger partial charge in [-0.2, -0.15) is 0 Å². The number of fused-ring (bicyclic) bond motifs is 5. The van der Waals surface area contributed by atoms with Gasteiger partial charge in [0.25, 0.3) is 10.0 Å². The van der Waals surface area contributed by atoms with Crippen molar-refractivity contribution < 1.29 is 17.6 Å². The van der Waals surface area contributed by atoms with Crippen molar-refractivity contribution in [3.63, 3.8) is 0 Å². The maximum atomic E-state index is 15.4. The summed E-state index contributed by atoms with van der Waals surface area (Å²) in [5.74, 6) is 3.89. The highest BCUT2D eigenvalue weighted by Crippen LogP contribution is 2.69. The van der Waals surface area contributed by atoms with Crippen molar-refractivity contribution in [2.24, 2.45) is 52.3 Å². The number of hydrogen-bond acceptors (Lipinski definition) is 3. The molecule has 224 valence electrons. The number of benzene rings is 1. The van der Waals surface area contributed by atoms with Gasteiger partial charge < -0.3 is 5.32 Å². The van der Waals surface area contributed by atoms with Crippen molar-refractivity contribution in [1.29, 1.82) is 0 Å². The van der Waals surface area contributed by atoms with Crippen LogP contribution in [0, 0.1) is 59.2 Å². The maximum absolute atomic E-state index is 15.4. The molecule has 5 rings (SSSR count). The summed E-state index contributed by atoms with van der Waals surface area (Å²) in [6.07, 6.45) is 10.5. The molecule has 0 saturated heterocycles. The molecular formula is C33H51FN2O3S. The Morgan fingerprint density at radius 1 is 1.10 bits per heavy atom. The van der Waals surface area contributed by atoms with Crippen LogP contribution in [-0.4, -0.2) is 27.2 Å². The van der Waals surface area contributed by atoms with Crippen LogP contribution in [0.15, 0.2) is 29.2 Å². The lowest BCUT2D eigenvalue weighted by Crippen LogP contribution is -2.58. The van der Waals surface area contributed by atoms with Crippen LogP contribution in [0.25, 0.3) is 0 Å². The average molecular weight is 575 g/mol. The van der Waals surface area contributed by atoms with E-state index < -0.39 is 22.2 Å². The van der Waals surface area contributed by atoms with Crippen LogP contribution in [0.3, 0.4) is 0 Å². The molecule has 4 aliphatic rings. The highest BCUT2D eigenvalue weighted by Gasteiger charge is 2.63. The van der Waals surface area contributed by atoms with Crippen LogP contribution in [0.5, 0.6) is 0 Å². The van der Waals surface area contributed by atoms with Crippen molar-refractivity contribution >= 4 is 16.1 Å². The molecular weight excluding hydrogens is 523 g/mol. The summed E-state index contributed by atoms with van der Waals surface area (Å²) in [5, 5.41) is 2.80. The van der Waals surface area contributed by atoms with Crippen molar-refractivity contribution in [3.8, 4) is 0 Å². The number of carbonyl (C=O) groups is 1. The lowest BCUT2D eigenvalue weighted by atomic mass is 9.42. The van der Waals surface area contributed by atoms with Gasteiger partial charge in [0, 0.05) is 6.54 Å². The number of hydrogen-bond donors (Lipinski definition) is 2. The molecule has 4 aliphatic carbocycles. The number of rotatable bonds is 7. The van der Waals surface area contributed by atoms with Crippen molar-refractivity contribution in [3.05, 3.63) is 29.8 Å². The van der Waals surface area contributed by atoms with Crippen molar-refractivity contribution in [1.82, 2.24) is 10.0 Å². The smallest absolute Gasteiger partial charge is 0.328 e. The van der Waals surface area contributed by atoms with Crippen LogP contribution >= 0.6 is 0 Å². The molecule has 4 unspecified atom stereocenters. The number of amides is 2. The van der Waals surface area contributed by atoms with E-state index in [4.69, 9.17) is 0 Å². The van der Waals surface area contributed by atoms with E-state index in [1.165, 1.54) is 44.6 Å². The van der Waals surface area contributed by atoms with Crippen LogP contribution < -0.4 is 10.0 Å². The summed E-state index contributed by atoms with van der Waals surface area (Å²) in [4.78, 5) is 12.6. The van der Waals surface area contributed by atoms with E-state index in [9.17, 15) is 13.2 Å². The first-order valence-electron chi connectivity index (χ1n) is 15.9. The number of halogens is 1. The zero-order valence-corrected chi connectivity index (χ0v) is 26.0. The van der Waals surface area contributed by atoms with Crippen LogP contribution in [-0.2, 0) is 10.0 Å². The minimum absolute atomic E-state index is 0.0972. The Balaban J connectivity index is 1.20. The van der Waals surface area contributed by atoms with Gasteiger partial charge >= 0.3 is 6.03 Å². The monoisotopic (exact) mass is 574 g/mol. The summed E-state index contributed by atoms with van der Waals surface area (Å²) in [5.41, 5.74) is 1.28. The number of carbonyl (C=O) groups excluding carboxylic acids is 1. The Labute approximate surface area is 241 Å². The number of aryl methyl sites for hydroxylation is 1. The summed E-state index contributed by atoms with van der Waals surface area (Å²) in [6.45, 7) is 11.9. The lowest BCUT2D eigenvalue weighted by molar-refractivity contribution is -0.157. The van der Waals surface area contributed by atoms with Gasteiger partial charge in [0.1, 0.15) is 6.17 Å². The first kappa shape index (κ1) is 29.8. The Bertz CT molecular complexity index is 1190. The van der Waals surface area contributed by atoms with Gasteiger partial charge in [0.05, 0.1) is 4.90 Å². The molecule has 1 aromatic carbocycles. The quantitative estimate of drug-likeness (QED) is 0.351. The largest absolute Gasteiger partial charge is 0.337 e. The predicted octanol–water partition coefficient (Wildman–Crippen LogP) is 7.64. The first-order chi connectivity index (χ1) is 18.9. The minimum Gasteiger partial charge on any atom is -0.337 e. The molecule has 5 nitrogen and oxygen atoms in total. The molecule has 4 fully saturated rings. The molecule has 0 heterocycles. The molecule has 2 amide bonds. The zero-order valence-electron chi connectivity index (χ0n) is 25.2. The molecule has 10 atom stereocenters. The Morgan fingerprint density at radius 3 is 2.58 bits per heavy atom. The fourth-order valence-electron chi connectivity index (χ4n) is 10.6. The Hall–Kier alpha value is -1.63. The molecule has 1 aromatic rings. The third kappa shape index (κ3) is 5.22. The number of alkyl halides is 1. The fraction of sp³-hybridized carbons (Fsp3) is 0.788. The highest BCUT2D eigenvalue weighted by atomic mass is 32.2. The van der Waals surface area contributed by atoms with Gasteiger partial charge in [0.15, 0.2) is 0 Å². The molecule has 2 N–H and O–H groups in total. The minimum atomic E-state index is -3.89. The standard InChI is InChI=1S/C33H51FN2O3S/c1-6-23-20-25-27-13-12-26(32(27,4)17-14-28(25)33(5)16-8-11-29(34)30(23)33)22(3)15-18-35-31(37)36-40(38,39)24-10-7-9-21(2)19-24/h7,9-10,19,22-23,25-30H,6,8,11-18,20H2,1-5H3,(H2,35,36,37)/t22-,23+,25?,26?,27?,28?,29+,30-,32-,33-/m1/s1. The van der Waals surface area contributed by atoms with Gasteiger partial charge in [-0.05, 0) is 135 Å². The third-order valence-corrected chi connectivity index (χ3v) is 13.7. The third-order valence-electron chi connectivity index (χ3n) is 12.4. The highest BCUT2D eigenvalue weighted by molar-refractivity contribution is 7.90. The molecule has 0 radical (unpaired) electrons. The van der Waals surface area contributed by atoms with Gasteiger partial charge in [0.2, 0.25) is 0 Å². The van der Waals surface area contributed by atoms with Gasteiger partial charge in [-0.15, -0.1) is 0 Å². The van der Waals surface area contributed by atoms with Crippen LogP contribution in [0.1, 0.15) is 97.5 Å². The van der Waals surface area contributed by atoms with Gasteiger partial charge in [-0.25, -0.2) is 22.3 Å². The molecule has 7 heteroatoms. The fourth-order valence-corrected chi connectivity index (χ4v) is 11.7. The molecule has 0 spiro atoms. The average Bonchev–Trinajstić information content (AvgIpc) is 3.25. The van der Waals surface area contributed by atoms with Gasteiger partial charge in [-0.1, -0.05) is 46.2 Å². The summed E-state index contributed by atoms with van der Waals surface area (Å²) < 4.78 is 42.7. The van der Waals surface area contributed by atoms with E-state index >= 15 is 4.39 Å². The summed E-state index contributed by atoms with van der Waals surface area (Å²) in [7, 11) is -3.89. The van der Waals surface area contributed by atoms with Crippen molar-refractivity contribution in [2.45, 2.75) is 110 Å².